The van der Waals surface area contributed by atoms with Crippen molar-refractivity contribution in [3.05, 3.63) is 59.7 Å². The normalized spacial score (nSPS) is 11.2. The Bertz CT molecular complexity index is 612. The lowest BCUT2D eigenvalue weighted by Crippen LogP contribution is -2.12. The van der Waals surface area contributed by atoms with Crippen LogP contribution >= 0.6 is 0 Å². The summed E-state index contributed by atoms with van der Waals surface area (Å²) < 4.78 is 11.0. The van der Waals surface area contributed by atoms with Gasteiger partial charge in [-0.15, -0.1) is 0 Å². The number of nitrogens with zero attached hydrogens (tertiary/aromatic N) is 1. The maximum absolute atomic E-state index is 8.66. The zero-order valence-corrected chi connectivity index (χ0v) is 11.1. The number of methoxy groups -OCH3 is 1. The van der Waals surface area contributed by atoms with Gasteiger partial charge in [0.1, 0.15) is 18.1 Å². The maximum Gasteiger partial charge on any atom is 0.170 e. The molecular weight excluding hydrogens is 256 g/mol. The standard InChI is InChI=1S/C15H16N2O3/c1-19-14-8-3-2-5-12(14)10-20-13-7-4-6-11(9-13)15(16)17-18/h2-9,18H,10H2,1H3,(H2,16,17). The molecule has 0 fully saturated rings. The van der Waals surface area contributed by atoms with Crippen LogP contribution in [-0.2, 0) is 6.61 Å². The first-order valence-corrected chi connectivity index (χ1v) is 6.07. The van der Waals surface area contributed by atoms with Crippen molar-refractivity contribution in [2.24, 2.45) is 10.9 Å². The van der Waals surface area contributed by atoms with E-state index in [0.717, 1.165) is 11.3 Å². The molecule has 3 N–H and O–H groups in total. The minimum absolute atomic E-state index is 0.0488. The van der Waals surface area contributed by atoms with Gasteiger partial charge in [0.15, 0.2) is 5.84 Å². The zero-order chi connectivity index (χ0) is 14.4. The quantitative estimate of drug-likeness (QED) is 0.379. The molecule has 0 aliphatic rings. The van der Waals surface area contributed by atoms with E-state index in [2.05, 4.69) is 5.16 Å². The largest absolute Gasteiger partial charge is 0.496 e. The Labute approximate surface area is 117 Å². The first-order chi connectivity index (χ1) is 9.74. The average molecular weight is 272 g/mol. The molecule has 0 amide bonds. The molecule has 0 saturated heterocycles. The van der Waals surface area contributed by atoms with E-state index in [9.17, 15) is 0 Å². The molecule has 0 aromatic heterocycles. The monoisotopic (exact) mass is 272 g/mol. The van der Waals surface area contributed by atoms with Gasteiger partial charge >= 0.3 is 0 Å². The van der Waals surface area contributed by atoms with Crippen LogP contribution in [0.3, 0.4) is 0 Å². The van der Waals surface area contributed by atoms with Crippen molar-refractivity contribution in [3.63, 3.8) is 0 Å². The molecule has 0 unspecified atom stereocenters. The van der Waals surface area contributed by atoms with E-state index in [-0.39, 0.29) is 5.84 Å². The third-order valence-electron chi connectivity index (χ3n) is 2.82. The molecule has 0 aliphatic carbocycles. The number of rotatable bonds is 5. The molecule has 0 bridgehead atoms. The highest BCUT2D eigenvalue weighted by molar-refractivity contribution is 5.97. The fourth-order valence-corrected chi connectivity index (χ4v) is 1.79. The predicted octanol–water partition coefficient (Wildman–Crippen LogP) is 2.37. The number of para-hydroxylation sites is 1. The van der Waals surface area contributed by atoms with Crippen LogP contribution in [0.4, 0.5) is 0 Å². The summed E-state index contributed by atoms with van der Waals surface area (Å²) in [7, 11) is 1.62. The molecule has 104 valence electrons. The summed E-state index contributed by atoms with van der Waals surface area (Å²) in [5.74, 6) is 1.47. The number of amidine groups is 1. The van der Waals surface area contributed by atoms with Crippen LogP contribution in [0.25, 0.3) is 0 Å². The van der Waals surface area contributed by atoms with Gasteiger partial charge in [0, 0.05) is 11.1 Å². The summed E-state index contributed by atoms with van der Waals surface area (Å²) in [6, 6.07) is 14.7. The van der Waals surface area contributed by atoms with E-state index in [1.807, 2.05) is 30.3 Å². The van der Waals surface area contributed by atoms with Crippen LogP contribution in [0.2, 0.25) is 0 Å². The van der Waals surface area contributed by atoms with Gasteiger partial charge in [-0.1, -0.05) is 35.5 Å². The van der Waals surface area contributed by atoms with Crippen LogP contribution in [0.1, 0.15) is 11.1 Å². The lowest BCUT2D eigenvalue weighted by Gasteiger charge is -2.10. The Hall–Kier alpha value is -2.69. The predicted molar refractivity (Wildman–Crippen MR) is 76.3 cm³/mol. The number of benzene rings is 2. The van der Waals surface area contributed by atoms with Crippen LogP contribution in [-0.4, -0.2) is 18.2 Å². The molecule has 0 heterocycles. The van der Waals surface area contributed by atoms with Gasteiger partial charge in [-0.2, -0.15) is 0 Å². The molecule has 5 heteroatoms. The van der Waals surface area contributed by atoms with Crippen LogP contribution < -0.4 is 15.2 Å². The van der Waals surface area contributed by atoms with Gasteiger partial charge < -0.3 is 20.4 Å². The molecule has 20 heavy (non-hydrogen) atoms. The van der Waals surface area contributed by atoms with Crippen molar-refractivity contribution in [1.82, 2.24) is 0 Å². The number of hydrogen-bond acceptors (Lipinski definition) is 4. The van der Waals surface area contributed by atoms with Gasteiger partial charge in [0.25, 0.3) is 0 Å². The molecule has 2 rings (SSSR count). The molecule has 0 spiro atoms. The van der Waals surface area contributed by atoms with E-state index in [1.165, 1.54) is 0 Å². The molecule has 0 aliphatic heterocycles. The second-order valence-electron chi connectivity index (χ2n) is 4.11. The Morgan fingerprint density at radius 2 is 2.00 bits per heavy atom. The molecule has 0 atom stereocenters. The van der Waals surface area contributed by atoms with E-state index in [0.29, 0.717) is 17.9 Å². The van der Waals surface area contributed by atoms with Gasteiger partial charge in [0.2, 0.25) is 0 Å². The Kier molecular flexibility index (Phi) is 4.44. The Morgan fingerprint density at radius 3 is 2.75 bits per heavy atom. The van der Waals surface area contributed by atoms with Crippen LogP contribution in [0.5, 0.6) is 11.5 Å². The first-order valence-electron chi connectivity index (χ1n) is 6.07. The van der Waals surface area contributed by atoms with Crippen molar-refractivity contribution in [1.29, 1.82) is 0 Å². The average Bonchev–Trinajstić information content (AvgIpc) is 2.52. The lowest BCUT2D eigenvalue weighted by molar-refractivity contribution is 0.296. The molecular formula is C15H16N2O3. The Balaban J connectivity index is 2.11. The highest BCUT2D eigenvalue weighted by atomic mass is 16.5. The first kappa shape index (κ1) is 13.7. The van der Waals surface area contributed by atoms with E-state index < -0.39 is 0 Å². The zero-order valence-electron chi connectivity index (χ0n) is 11.1. The highest BCUT2D eigenvalue weighted by Crippen LogP contribution is 2.20. The van der Waals surface area contributed by atoms with Gasteiger partial charge in [-0.3, -0.25) is 0 Å². The summed E-state index contributed by atoms with van der Waals surface area (Å²) >= 11 is 0. The van der Waals surface area contributed by atoms with Gasteiger partial charge in [0.05, 0.1) is 7.11 Å². The number of oxime groups is 1. The lowest BCUT2D eigenvalue weighted by atomic mass is 10.2. The topological polar surface area (TPSA) is 77.1 Å². The summed E-state index contributed by atoms with van der Waals surface area (Å²) in [6.45, 7) is 0.379. The summed E-state index contributed by atoms with van der Waals surface area (Å²) in [5, 5.41) is 11.6. The van der Waals surface area contributed by atoms with Gasteiger partial charge in [-0.05, 0) is 18.2 Å². The van der Waals surface area contributed by atoms with Gasteiger partial charge in [-0.25, -0.2) is 0 Å². The van der Waals surface area contributed by atoms with Crippen LogP contribution in [0.15, 0.2) is 53.7 Å². The van der Waals surface area contributed by atoms with Crippen molar-refractivity contribution < 1.29 is 14.7 Å². The minimum atomic E-state index is 0.0488. The van der Waals surface area contributed by atoms with Crippen molar-refractivity contribution in [2.75, 3.05) is 7.11 Å². The SMILES string of the molecule is COc1ccccc1COc1cccc(C(N)=NO)c1. The van der Waals surface area contributed by atoms with Crippen molar-refractivity contribution >= 4 is 5.84 Å². The fraction of sp³-hybridized carbons (Fsp3) is 0.133. The minimum Gasteiger partial charge on any atom is -0.496 e. The second-order valence-corrected chi connectivity index (χ2v) is 4.11. The van der Waals surface area contributed by atoms with Crippen LogP contribution in [0, 0.1) is 0 Å². The van der Waals surface area contributed by atoms with Crippen molar-refractivity contribution in [3.8, 4) is 11.5 Å². The smallest absolute Gasteiger partial charge is 0.170 e. The van der Waals surface area contributed by atoms with E-state index in [4.69, 9.17) is 20.4 Å². The summed E-state index contributed by atoms with van der Waals surface area (Å²) in [5.41, 5.74) is 7.09. The molecule has 2 aromatic rings. The summed E-state index contributed by atoms with van der Waals surface area (Å²) in [4.78, 5) is 0. The second kappa shape index (κ2) is 6.47. The van der Waals surface area contributed by atoms with E-state index in [1.54, 1.807) is 25.3 Å². The third-order valence-corrected chi connectivity index (χ3v) is 2.82. The van der Waals surface area contributed by atoms with E-state index >= 15 is 0 Å². The number of hydrogen-bond donors (Lipinski definition) is 2. The fourth-order valence-electron chi connectivity index (χ4n) is 1.79. The van der Waals surface area contributed by atoms with Crippen molar-refractivity contribution in [2.45, 2.75) is 6.61 Å². The maximum atomic E-state index is 8.66. The molecule has 5 nitrogen and oxygen atoms in total. The Morgan fingerprint density at radius 1 is 1.20 bits per heavy atom. The summed E-state index contributed by atoms with van der Waals surface area (Å²) in [6.07, 6.45) is 0. The molecule has 2 aromatic carbocycles. The molecule has 0 radical (unpaired) electrons. The number of ether oxygens (including phenoxy) is 2. The third kappa shape index (κ3) is 3.20. The molecule has 0 saturated carbocycles. The number of nitrogens with two attached hydrogens (primary N) is 1. The highest BCUT2D eigenvalue weighted by Gasteiger charge is 2.04.